The van der Waals surface area contributed by atoms with Gasteiger partial charge in [-0.15, -0.1) is 0 Å². The quantitative estimate of drug-likeness (QED) is 0.634. The zero-order valence-electron chi connectivity index (χ0n) is 8.68. The predicted molar refractivity (Wildman–Crippen MR) is 52.8 cm³/mol. The highest BCUT2D eigenvalue weighted by Gasteiger charge is 2.11. The van der Waals surface area contributed by atoms with Crippen molar-refractivity contribution in [2.24, 2.45) is 11.3 Å². The number of hydrogen-bond acceptors (Lipinski definition) is 2. The van der Waals surface area contributed by atoms with Crippen molar-refractivity contribution >= 4 is 6.21 Å². The minimum absolute atomic E-state index is 0.236. The summed E-state index contributed by atoms with van der Waals surface area (Å²) in [6, 6.07) is 0. The van der Waals surface area contributed by atoms with Crippen LogP contribution in [-0.2, 0) is 4.74 Å². The number of rotatable bonds is 5. The van der Waals surface area contributed by atoms with E-state index in [2.05, 4.69) is 27.7 Å². The van der Waals surface area contributed by atoms with E-state index in [4.69, 9.17) is 10.1 Å². The predicted octanol–water partition coefficient (Wildman–Crippen LogP) is 2.72. The lowest BCUT2D eigenvalue weighted by Gasteiger charge is -2.19. The number of hydrogen-bond donors (Lipinski definition) is 1. The first-order valence-corrected chi connectivity index (χ1v) is 4.58. The average Bonchev–Trinajstić information content (AvgIpc) is 1.96. The van der Waals surface area contributed by atoms with E-state index in [1.54, 1.807) is 0 Å². The Morgan fingerprint density at radius 3 is 2.33 bits per heavy atom. The highest BCUT2D eigenvalue weighted by atomic mass is 16.5. The molecule has 0 heterocycles. The van der Waals surface area contributed by atoms with Gasteiger partial charge in [0, 0.05) is 12.1 Å². The van der Waals surface area contributed by atoms with Crippen LogP contribution in [0.25, 0.3) is 0 Å². The largest absolute Gasteiger partial charge is 0.380 e. The molecule has 1 N–H and O–H groups in total. The fourth-order valence-corrected chi connectivity index (χ4v) is 0.800. The Kier molecular flexibility index (Phi) is 5.14. The Hall–Kier alpha value is -0.370. The third kappa shape index (κ3) is 6.35. The standard InChI is InChI=1S/C10H21NO/c1-5-9(6-11)7-12-8-10(2,3)4/h6,9,11H,5,7-8H2,1-4H3. The van der Waals surface area contributed by atoms with Gasteiger partial charge >= 0.3 is 0 Å². The summed E-state index contributed by atoms with van der Waals surface area (Å²) in [6.07, 6.45) is 2.47. The molecular weight excluding hydrogens is 150 g/mol. The maximum absolute atomic E-state index is 7.09. The Morgan fingerprint density at radius 2 is 2.00 bits per heavy atom. The smallest absolute Gasteiger partial charge is 0.0543 e. The maximum atomic E-state index is 7.09. The van der Waals surface area contributed by atoms with Crippen LogP contribution in [0.1, 0.15) is 34.1 Å². The molecule has 0 amide bonds. The van der Waals surface area contributed by atoms with Crippen LogP contribution in [0.4, 0.5) is 0 Å². The molecule has 0 saturated carbocycles. The molecule has 0 rings (SSSR count). The molecular formula is C10H21NO. The first-order chi connectivity index (χ1) is 5.49. The molecule has 0 aliphatic carbocycles. The van der Waals surface area contributed by atoms with Gasteiger partial charge in [-0.3, -0.25) is 0 Å². The average molecular weight is 171 g/mol. The van der Waals surface area contributed by atoms with Gasteiger partial charge < -0.3 is 10.1 Å². The van der Waals surface area contributed by atoms with E-state index in [1.807, 2.05) is 0 Å². The lowest BCUT2D eigenvalue weighted by atomic mass is 9.98. The molecule has 0 aliphatic rings. The molecule has 0 fully saturated rings. The minimum atomic E-state index is 0.236. The van der Waals surface area contributed by atoms with Crippen molar-refractivity contribution in [3.8, 4) is 0 Å². The van der Waals surface area contributed by atoms with Crippen LogP contribution in [0.3, 0.4) is 0 Å². The summed E-state index contributed by atoms with van der Waals surface area (Å²) in [7, 11) is 0. The Morgan fingerprint density at radius 1 is 1.42 bits per heavy atom. The van der Waals surface area contributed by atoms with Crippen molar-refractivity contribution < 1.29 is 4.74 Å². The van der Waals surface area contributed by atoms with E-state index in [1.165, 1.54) is 6.21 Å². The highest BCUT2D eigenvalue weighted by Crippen LogP contribution is 2.13. The topological polar surface area (TPSA) is 33.1 Å². The molecule has 2 nitrogen and oxygen atoms in total. The molecule has 12 heavy (non-hydrogen) atoms. The van der Waals surface area contributed by atoms with Crippen molar-refractivity contribution in [2.45, 2.75) is 34.1 Å². The summed E-state index contributed by atoms with van der Waals surface area (Å²) in [5.74, 6) is 0.298. The van der Waals surface area contributed by atoms with E-state index < -0.39 is 0 Å². The zero-order valence-corrected chi connectivity index (χ0v) is 8.68. The maximum Gasteiger partial charge on any atom is 0.0543 e. The fourth-order valence-electron chi connectivity index (χ4n) is 0.800. The first kappa shape index (κ1) is 11.6. The summed E-state index contributed by atoms with van der Waals surface area (Å²) >= 11 is 0. The Labute approximate surface area is 75.8 Å². The lowest BCUT2D eigenvalue weighted by Crippen LogP contribution is -2.18. The molecule has 0 radical (unpaired) electrons. The molecule has 0 saturated heterocycles. The van der Waals surface area contributed by atoms with Gasteiger partial charge in [0.2, 0.25) is 0 Å². The third-order valence-electron chi connectivity index (χ3n) is 1.63. The van der Waals surface area contributed by atoms with Crippen molar-refractivity contribution in [3.63, 3.8) is 0 Å². The van der Waals surface area contributed by atoms with E-state index in [-0.39, 0.29) is 5.41 Å². The van der Waals surface area contributed by atoms with Crippen molar-refractivity contribution in [1.82, 2.24) is 0 Å². The Balaban J connectivity index is 3.48. The van der Waals surface area contributed by atoms with Gasteiger partial charge in [-0.1, -0.05) is 27.7 Å². The van der Waals surface area contributed by atoms with Crippen LogP contribution < -0.4 is 0 Å². The van der Waals surface area contributed by atoms with Gasteiger partial charge in [0.1, 0.15) is 0 Å². The van der Waals surface area contributed by atoms with Crippen LogP contribution in [0, 0.1) is 16.7 Å². The van der Waals surface area contributed by atoms with Gasteiger partial charge in [-0.05, 0) is 11.8 Å². The lowest BCUT2D eigenvalue weighted by molar-refractivity contribution is 0.0596. The van der Waals surface area contributed by atoms with Crippen LogP contribution in [0.15, 0.2) is 0 Å². The zero-order chi connectivity index (χ0) is 9.61. The second-order valence-corrected chi connectivity index (χ2v) is 4.41. The Bertz CT molecular complexity index is 126. The van der Waals surface area contributed by atoms with Gasteiger partial charge in [0.15, 0.2) is 0 Å². The molecule has 0 bridgehead atoms. The molecule has 0 aromatic heterocycles. The molecule has 2 heteroatoms. The van der Waals surface area contributed by atoms with Crippen LogP contribution in [0.2, 0.25) is 0 Å². The molecule has 0 aromatic rings. The second kappa shape index (κ2) is 5.31. The van der Waals surface area contributed by atoms with E-state index >= 15 is 0 Å². The van der Waals surface area contributed by atoms with Gasteiger partial charge in [-0.2, -0.15) is 0 Å². The molecule has 1 atom stereocenters. The van der Waals surface area contributed by atoms with Crippen LogP contribution >= 0.6 is 0 Å². The summed E-state index contributed by atoms with van der Waals surface area (Å²) in [4.78, 5) is 0. The normalized spacial score (nSPS) is 14.3. The summed E-state index contributed by atoms with van der Waals surface area (Å²) < 4.78 is 5.49. The number of ether oxygens (including phenoxy) is 1. The van der Waals surface area contributed by atoms with Crippen molar-refractivity contribution in [1.29, 1.82) is 5.41 Å². The SMILES string of the molecule is CCC(C=N)COCC(C)(C)C. The molecule has 0 aliphatic heterocycles. The van der Waals surface area contributed by atoms with E-state index in [0.717, 1.165) is 13.0 Å². The van der Waals surface area contributed by atoms with E-state index in [9.17, 15) is 0 Å². The summed E-state index contributed by atoms with van der Waals surface area (Å²) in [5, 5.41) is 7.09. The van der Waals surface area contributed by atoms with Crippen LogP contribution in [0.5, 0.6) is 0 Å². The molecule has 0 spiro atoms. The van der Waals surface area contributed by atoms with Crippen molar-refractivity contribution in [3.05, 3.63) is 0 Å². The summed E-state index contributed by atoms with van der Waals surface area (Å²) in [5.41, 5.74) is 0.236. The minimum Gasteiger partial charge on any atom is -0.380 e. The molecule has 0 aromatic carbocycles. The second-order valence-electron chi connectivity index (χ2n) is 4.41. The monoisotopic (exact) mass is 171 g/mol. The van der Waals surface area contributed by atoms with Crippen LogP contribution in [-0.4, -0.2) is 19.4 Å². The third-order valence-corrected chi connectivity index (χ3v) is 1.63. The van der Waals surface area contributed by atoms with Gasteiger partial charge in [0.25, 0.3) is 0 Å². The number of nitrogens with one attached hydrogen (secondary N) is 1. The first-order valence-electron chi connectivity index (χ1n) is 4.58. The van der Waals surface area contributed by atoms with E-state index in [0.29, 0.717) is 12.5 Å². The molecule has 72 valence electrons. The van der Waals surface area contributed by atoms with Gasteiger partial charge in [0.05, 0.1) is 13.2 Å². The van der Waals surface area contributed by atoms with Crippen molar-refractivity contribution in [2.75, 3.05) is 13.2 Å². The highest BCUT2D eigenvalue weighted by molar-refractivity contribution is 5.56. The molecule has 1 unspecified atom stereocenters. The van der Waals surface area contributed by atoms with Gasteiger partial charge in [-0.25, -0.2) is 0 Å². The summed E-state index contributed by atoms with van der Waals surface area (Å²) in [6.45, 7) is 10.00. The fraction of sp³-hybridized carbons (Fsp3) is 0.900.